The number of anilines is 1. The zero-order chi connectivity index (χ0) is 15.5. The van der Waals surface area contributed by atoms with E-state index in [-0.39, 0.29) is 0 Å². The van der Waals surface area contributed by atoms with Crippen molar-refractivity contribution in [2.24, 2.45) is 0 Å². The molecule has 114 valence electrons. The first kappa shape index (κ1) is 14.4. The lowest BCUT2D eigenvalue weighted by Gasteiger charge is -2.19. The van der Waals surface area contributed by atoms with Crippen molar-refractivity contribution < 1.29 is 14.6 Å². The van der Waals surface area contributed by atoms with Crippen LogP contribution in [-0.2, 0) is 13.0 Å². The zero-order valence-electron chi connectivity index (χ0n) is 12.6. The smallest absolute Gasteiger partial charge is 0.335 e. The van der Waals surface area contributed by atoms with Gasteiger partial charge in [-0.3, -0.25) is 0 Å². The number of ether oxygens (including phenoxy) is 1. The third-order valence-corrected chi connectivity index (χ3v) is 3.93. The molecule has 1 heterocycles. The minimum absolute atomic E-state index is 0.326. The number of hydrogen-bond donors (Lipinski definition) is 1. The second-order valence-corrected chi connectivity index (χ2v) is 5.40. The van der Waals surface area contributed by atoms with E-state index in [1.54, 1.807) is 12.1 Å². The molecule has 0 amide bonds. The minimum atomic E-state index is -0.887. The van der Waals surface area contributed by atoms with Gasteiger partial charge >= 0.3 is 5.97 Å². The van der Waals surface area contributed by atoms with Crippen LogP contribution in [0.15, 0.2) is 42.5 Å². The Bertz CT molecular complexity index is 679. The van der Waals surface area contributed by atoms with Gasteiger partial charge in [0, 0.05) is 18.8 Å². The molecular formula is C18H19NO3. The molecule has 0 unspecified atom stereocenters. The fraction of sp³-hybridized carbons (Fsp3) is 0.278. The normalized spacial score (nSPS) is 13.0. The molecule has 0 spiro atoms. The molecule has 0 fully saturated rings. The Morgan fingerprint density at radius 3 is 2.68 bits per heavy atom. The Hall–Kier alpha value is -2.49. The van der Waals surface area contributed by atoms with Gasteiger partial charge in [0.05, 0.1) is 12.2 Å². The molecule has 1 aliphatic heterocycles. The molecule has 0 aliphatic carbocycles. The van der Waals surface area contributed by atoms with Gasteiger partial charge in [-0.15, -0.1) is 0 Å². The topological polar surface area (TPSA) is 49.8 Å². The highest BCUT2D eigenvalue weighted by Crippen LogP contribution is 2.32. The largest absolute Gasteiger partial charge is 0.494 e. The summed E-state index contributed by atoms with van der Waals surface area (Å²) < 4.78 is 5.55. The molecule has 4 nitrogen and oxygen atoms in total. The van der Waals surface area contributed by atoms with E-state index in [9.17, 15) is 4.79 Å². The highest BCUT2D eigenvalue weighted by atomic mass is 16.5. The van der Waals surface area contributed by atoms with Gasteiger partial charge in [-0.25, -0.2) is 4.79 Å². The van der Waals surface area contributed by atoms with E-state index in [1.807, 2.05) is 25.1 Å². The summed E-state index contributed by atoms with van der Waals surface area (Å²) in [7, 11) is 0. The van der Waals surface area contributed by atoms with Crippen molar-refractivity contribution in [2.75, 3.05) is 18.1 Å². The molecule has 1 N–H and O–H groups in total. The Balaban J connectivity index is 1.74. The van der Waals surface area contributed by atoms with Crippen LogP contribution in [0.1, 0.15) is 28.4 Å². The van der Waals surface area contributed by atoms with E-state index >= 15 is 0 Å². The van der Waals surface area contributed by atoms with Crippen molar-refractivity contribution in [3.63, 3.8) is 0 Å². The summed E-state index contributed by atoms with van der Waals surface area (Å²) in [6.07, 6.45) is 1.02. The Labute approximate surface area is 130 Å². The van der Waals surface area contributed by atoms with Gasteiger partial charge in [0.25, 0.3) is 0 Å². The van der Waals surface area contributed by atoms with Crippen LogP contribution in [0.25, 0.3) is 0 Å². The predicted octanol–water partition coefficient (Wildman–Crippen LogP) is 3.35. The summed E-state index contributed by atoms with van der Waals surface area (Å²) >= 11 is 0. The number of fused-ring (bicyclic) bond motifs is 1. The van der Waals surface area contributed by atoms with E-state index < -0.39 is 5.97 Å². The molecule has 22 heavy (non-hydrogen) atoms. The summed E-state index contributed by atoms with van der Waals surface area (Å²) in [6.45, 7) is 4.44. The quantitative estimate of drug-likeness (QED) is 0.919. The van der Waals surface area contributed by atoms with E-state index in [0.717, 1.165) is 30.8 Å². The molecule has 0 radical (unpaired) electrons. The lowest BCUT2D eigenvalue weighted by molar-refractivity contribution is 0.0697. The standard InChI is InChI=1S/C18H19NO3/c1-2-22-16-7-8-17-15(11-16)9-10-19(17)12-13-3-5-14(6-4-13)18(20)21/h3-8,11H,2,9-10,12H2,1H3,(H,20,21). The van der Waals surface area contributed by atoms with Crippen LogP contribution in [0.2, 0.25) is 0 Å². The molecule has 0 aromatic heterocycles. The number of carbonyl (C=O) groups is 1. The van der Waals surface area contributed by atoms with Gasteiger partial charge in [-0.05, 0) is 54.8 Å². The van der Waals surface area contributed by atoms with Crippen molar-refractivity contribution in [1.29, 1.82) is 0 Å². The minimum Gasteiger partial charge on any atom is -0.494 e. The third-order valence-electron chi connectivity index (χ3n) is 3.93. The molecule has 2 aromatic carbocycles. The SMILES string of the molecule is CCOc1ccc2c(c1)CCN2Cc1ccc(C(=O)O)cc1. The van der Waals surface area contributed by atoms with E-state index in [1.165, 1.54) is 11.3 Å². The van der Waals surface area contributed by atoms with Crippen molar-refractivity contribution in [2.45, 2.75) is 19.9 Å². The lowest BCUT2D eigenvalue weighted by Crippen LogP contribution is -2.19. The maximum atomic E-state index is 10.9. The second-order valence-electron chi connectivity index (χ2n) is 5.40. The van der Waals surface area contributed by atoms with Crippen LogP contribution in [0.3, 0.4) is 0 Å². The van der Waals surface area contributed by atoms with Crippen LogP contribution < -0.4 is 9.64 Å². The number of hydrogen-bond acceptors (Lipinski definition) is 3. The Kier molecular flexibility index (Phi) is 4.00. The van der Waals surface area contributed by atoms with Crippen LogP contribution >= 0.6 is 0 Å². The summed E-state index contributed by atoms with van der Waals surface area (Å²) in [6, 6.07) is 13.3. The van der Waals surface area contributed by atoms with Crippen LogP contribution in [0, 0.1) is 0 Å². The van der Waals surface area contributed by atoms with Crippen molar-refractivity contribution in [3.8, 4) is 5.75 Å². The fourth-order valence-electron chi connectivity index (χ4n) is 2.84. The van der Waals surface area contributed by atoms with Gasteiger partial charge in [0.2, 0.25) is 0 Å². The maximum Gasteiger partial charge on any atom is 0.335 e. The van der Waals surface area contributed by atoms with Crippen molar-refractivity contribution >= 4 is 11.7 Å². The highest BCUT2D eigenvalue weighted by molar-refractivity contribution is 5.87. The van der Waals surface area contributed by atoms with E-state index in [2.05, 4.69) is 17.0 Å². The molecule has 4 heteroatoms. The fourth-order valence-corrected chi connectivity index (χ4v) is 2.84. The molecule has 0 saturated carbocycles. The molecule has 2 aromatic rings. The van der Waals surface area contributed by atoms with Gasteiger partial charge in [-0.1, -0.05) is 12.1 Å². The zero-order valence-corrected chi connectivity index (χ0v) is 12.6. The number of nitrogens with zero attached hydrogens (tertiary/aromatic N) is 1. The monoisotopic (exact) mass is 297 g/mol. The highest BCUT2D eigenvalue weighted by Gasteiger charge is 2.19. The van der Waals surface area contributed by atoms with Crippen LogP contribution in [0.5, 0.6) is 5.75 Å². The number of carboxylic acids is 1. The number of carboxylic acid groups (broad SMARTS) is 1. The van der Waals surface area contributed by atoms with Crippen molar-refractivity contribution in [1.82, 2.24) is 0 Å². The van der Waals surface area contributed by atoms with E-state index in [4.69, 9.17) is 9.84 Å². The third kappa shape index (κ3) is 2.91. The van der Waals surface area contributed by atoms with Crippen molar-refractivity contribution in [3.05, 3.63) is 59.2 Å². The Morgan fingerprint density at radius 1 is 1.23 bits per heavy atom. The first-order valence-electron chi connectivity index (χ1n) is 7.50. The van der Waals surface area contributed by atoms with Gasteiger partial charge in [0.1, 0.15) is 5.75 Å². The summed E-state index contributed by atoms with van der Waals surface area (Å²) in [4.78, 5) is 13.2. The molecular weight excluding hydrogens is 278 g/mol. The number of benzene rings is 2. The summed E-state index contributed by atoms with van der Waals surface area (Å²) in [5.41, 5.74) is 4.00. The molecule has 1 aliphatic rings. The first-order valence-corrected chi connectivity index (χ1v) is 7.50. The average Bonchev–Trinajstić information content (AvgIpc) is 2.90. The predicted molar refractivity (Wildman–Crippen MR) is 85.8 cm³/mol. The molecule has 0 saturated heterocycles. The van der Waals surface area contributed by atoms with E-state index in [0.29, 0.717) is 12.2 Å². The van der Waals surface area contributed by atoms with Crippen LogP contribution in [0.4, 0.5) is 5.69 Å². The summed E-state index contributed by atoms with van der Waals surface area (Å²) in [5, 5.41) is 8.94. The maximum absolute atomic E-state index is 10.9. The molecule has 0 atom stereocenters. The first-order chi connectivity index (χ1) is 10.7. The Morgan fingerprint density at radius 2 is 2.00 bits per heavy atom. The second kappa shape index (κ2) is 6.10. The van der Waals surface area contributed by atoms with Gasteiger partial charge < -0.3 is 14.7 Å². The number of aromatic carboxylic acids is 1. The average molecular weight is 297 g/mol. The van der Waals surface area contributed by atoms with Crippen LogP contribution in [-0.4, -0.2) is 24.2 Å². The number of rotatable bonds is 5. The summed E-state index contributed by atoms with van der Waals surface area (Å²) in [5.74, 6) is 0.0374. The van der Waals surface area contributed by atoms with Gasteiger partial charge in [-0.2, -0.15) is 0 Å². The van der Waals surface area contributed by atoms with Gasteiger partial charge in [0.15, 0.2) is 0 Å². The molecule has 0 bridgehead atoms. The lowest BCUT2D eigenvalue weighted by atomic mass is 10.1. The molecule has 3 rings (SSSR count).